The van der Waals surface area contributed by atoms with Gasteiger partial charge in [-0.15, -0.1) is 0 Å². The highest BCUT2D eigenvalue weighted by Crippen LogP contribution is 2.06. The molecule has 0 heterocycles. The number of nitrogens with one attached hydrogen (secondary N) is 2. The maximum atomic E-state index is 11.7. The largest absolute Gasteiger partial charge is 0.467 e. The van der Waals surface area contributed by atoms with E-state index in [-0.39, 0.29) is 11.9 Å². The Hall–Kier alpha value is -1.10. The molecule has 0 bridgehead atoms. The molecule has 0 aliphatic rings. The minimum atomic E-state index is -0.540. The molecule has 0 spiro atoms. The first-order valence-corrected chi connectivity index (χ1v) is 6.47. The van der Waals surface area contributed by atoms with Gasteiger partial charge in [0.05, 0.1) is 7.11 Å². The van der Waals surface area contributed by atoms with Gasteiger partial charge in [-0.05, 0) is 12.3 Å². The number of amides is 1. The molecular formula is C13H26N2O3. The summed E-state index contributed by atoms with van der Waals surface area (Å²) in [5.41, 5.74) is 0. The second kappa shape index (κ2) is 8.91. The van der Waals surface area contributed by atoms with Gasteiger partial charge in [0.25, 0.3) is 0 Å². The molecule has 18 heavy (non-hydrogen) atoms. The molecule has 5 heteroatoms. The summed E-state index contributed by atoms with van der Waals surface area (Å²) in [6, 6.07) is -0.189. The van der Waals surface area contributed by atoms with Crippen LogP contribution in [0.3, 0.4) is 0 Å². The highest BCUT2D eigenvalue weighted by atomic mass is 16.5. The first-order chi connectivity index (χ1) is 8.36. The summed E-state index contributed by atoms with van der Waals surface area (Å²) in [5, 5.41) is 5.88. The minimum Gasteiger partial charge on any atom is -0.467 e. The van der Waals surface area contributed by atoms with E-state index in [1.54, 1.807) is 0 Å². The predicted molar refractivity (Wildman–Crippen MR) is 71.2 cm³/mol. The third-order valence-electron chi connectivity index (χ3n) is 2.43. The van der Waals surface area contributed by atoms with Crippen molar-refractivity contribution in [2.75, 3.05) is 13.7 Å². The molecule has 0 aromatic heterocycles. The van der Waals surface area contributed by atoms with Crippen LogP contribution in [0.4, 0.5) is 0 Å². The Labute approximate surface area is 110 Å². The monoisotopic (exact) mass is 258 g/mol. The molecule has 0 aliphatic carbocycles. The first kappa shape index (κ1) is 16.9. The number of methoxy groups -OCH3 is 1. The smallest absolute Gasteiger partial charge is 0.328 e. The van der Waals surface area contributed by atoms with E-state index in [1.807, 2.05) is 27.7 Å². The lowest BCUT2D eigenvalue weighted by atomic mass is 10.0. The summed E-state index contributed by atoms with van der Waals surface area (Å²) in [6.45, 7) is 8.66. The zero-order chi connectivity index (χ0) is 14.1. The quantitative estimate of drug-likeness (QED) is 0.639. The number of carbonyl (C=O) groups is 2. The third-order valence-corrected chi connectivity index (χ3v) is 2.43. The molecule has 1 atom stereocenters. The SMILES string of the molecule is COC(=O)C(CC(C)C)NC(=O)CCNC(C)C. The van der Waals surface area contributed by atoms with Crippen molar-refractivity contribution in [3.8, 4) is 0 Å². The zero-order valence-corrected chi connectivity index (χ0v) is 12.1. The maximum Gasteiger partial charge on any atom is 0.328 e. The highest BCUT2D eigenvalue weighted by Gasteiger charge is 2.22. The van der Waals surface area contributed by atoms with Gasteiger partial charge in [-0.3, -0.25) is 4.79 Å². The van der Waals surface area contributed by atoms with Crippen molar-refractivity contribution in [1.82, 2.24) is 10.6 Å². The highest BCUT2D eigenvalue weighted by molar-refractivity contribution is 5.84. The fraction of sp³-hybridized carbons (Fsp3) is 0.846. The molecule has 2 N–H and O–H groups in total. The van der Waals surface area contributed by atoms with Gasteiger partial charge in [0.2, 0.25) is 5.91 Å². The molecule has 1 amide bonds. The fourth-order valence-electron chi connectivity index (χ4n) is 1.57. The van der Waals surface area contributed by atoms with Crippen molar-refractivity contribution in [2.45, 2.75) is 52.6 Å². The van der Waals surface area contributed by atoms with E-state index < -0.39 is 6.04 Å². The molecule has 0 aromatic rings. The van der Waals surface area contributed by atoms with Gasteiger partial charge in [-0.2, -0.15) is 0 Å². The number of ether oxygens (including phenoxy) is 1. The number of hydrogen-bond donors (Lipinski definition) is 2. The van der Waals surface area contributed by atoms with E-state index in [4.69, 9.17) is 0 Å². The van der Waals surface area contributed by atoms with Crippen molar-refractivity contribution in [3.05, 3.63) is 0 Å². The second-order valence-electron chi connectivity index (χ2n) is 5.13. The molecule has 106 valence electrons. The molecule has 0 rings (SSSR count). The lowest BCUT2D eigenvalue weighted by molar-refractivity contribution is -0.145. The molecule has 0 radical (unpaired) electrons. The fourth-order valence-corrected chi connectivity index (χ4v) is 1.57. The van der Waals surface area contributed by atoms with Crippen LogP contribution >= 0.6 is 0 Å². The summed E-state index contributed by atoms with van der Waals surface area (Å²) >= 11 is 0. The molecule has 0 saturated heterocycles. The Balaban J connectivity index is 4.14. The first-order valence-electron chi connectivity index (χ1n) is 6.47. The van der Waals surface area contributed by atoms with Gasteiger partial charge in [0, 0.05) is 19.0 Å². The van der Waals surface area contributed by atoms with E-state index in [9.17, 15) is 9.59 Å². The van der Waals surface area contributed by atoms with Crippen molar-refractivity contribution in [1.29, 1.82) is 0 Å². The van der Waals surface area contributed by atoms with Crippen LogP contribution in [0, 0.1) is 5.92 Å². The summed E-state index contributed by atoms with van der Waals surface area (Å²) in [4.78, 5) is 23.2. The maximum absolute atomic E-state index is 11.7. The Bertz CT molecular complexity index is 265. The Morgan fingerprint density at radius 3 is 2.22 bits per heavy atom. The summed E-state index contributed by atoms with van der Waals surface area (Å²) in [6.07, 6.45) is 0.958. The van der Waals surface area contributed by atoms with Crippen molar-refractivity contribution in [3.63, 3.8) is 0 Å². The molecule has 0 aromatic carbocycles. The molecule has 5 nitrogen and oxygen atoms in total. The van der Waals surface area contributed by atoms with Crippen molar-refractivity contribution in [2.24, 2.45) is 5.92 Å². The molecular weight excluding hydrogens is 232 g/mol. The van der Waals surface area contributed by atoms with Crippen LogP contribution < -0.4 is 10.6 Å². The van der Waals surface area contributed by atoms with Crippen LogP contribution in [0.25, 0.3) is 0 Å². The zero-order valence-electron chi connectivity index (χ0n) is 12.1. The Kier molecular flexibility index (Phi) is 8.37. The predicted octanol–water partition coefficient (Wildman–Crippen LogP) is 1.08. The van der Waals surface area contributed by atoms with E-state index in [1.165, 1.54) is 7.11 Å². The lowest BCUT2D eigenvalue weighted by Crippen LogP contribution is -2.43. The number of carbonyl (C=O) groups excluding carboxylic acids is 2. The van der Waals surface area contributed by atoms with Crippen LogP contribution in [-0.4, -0.2) is 37.6 Å². The van der Waals surface area contributed by atoms with E-state index in [0.717, 1.165) is 0 Å². The Morgan fingerprint density at radius 2 is 1.78 bits per heavy atom. The average molecular weight is 258 g/mol. The van der Waals surface area contributed by atoms with Crippen molar-refractivity contribution < 1.29 is 14.3 Å². The van der Waals surface area contributed by atoms with Gasteiger partial charge in [-0.1, -0.05) is 27.7 Å². The molecule has 0 fully saturated rings. The van der Waals surface area contributed by atoms with Gasteiger partial charge in [-0.25, -0.2) is 4.79 Å². The van der Waals surface area contributed by atoms with Crippen molar-refractivity contribution >= 4 is 11.9 Å². The molecule has 1 unspecified atom stereocenters. The standard InChI is InChI=1S/C13H26N2O3/c1-9(2)8-11(13(17)18-5)15-12(16)6-7-14-10(3)4/h9-11,14H,6-8H2,1-5H3,(H,15,16). The van der Waals surface area contributed by atoms with Crippen LogP contribution in [0.15, 0.2) is 0 Å². The summed E-state index contributed by atoms with van der Waals surface area (Å²) < 4.78 is 4.69. The lowest BCUT2D eigenvalue weighted by Gasteiger charge is -2.18. The number of esters is 1. The summed E-state index contributed by atoms with van der Waals surface area (Å²) in [5.74, 6) is -0.184. The third kappa shape index (κ3) is 8.06. The van der Waals surface area contributed by atoms with Gasteiger partial charge >= 0.3 is 5.97 Å². The normalized spacial score (nSPS) is 12.6. The molecule has 0 aliphatic heterocycles. The van der Waals surface area contributed by atoms with E-state index in [0.29, 0.717) is 31.3 Å². The van der Waals surface area contributed by atoms with Crippen LogP contribution in [0.5, 0.6) is 0 Å². The van der Waals surface area contributed by atoms with Crippen LogP contribution in [0.1, 0.15) is 40.5 Å². The topological polar surface area (TPSA) is 67.4 Å². The molecule has 0 saturated carbocycles. The van der Waals surface area contributed by atoms with E-state index >= 15 is 0 Å². The summed E-state index contributed by atoms with van der Waals surface area (Å²) in [7, 11) is 1.34. The van der Waals surface area contributed by atoms with Crippen LogP contribution in [-0.2, 0) is 14.3 Å². The number of hydrogen-bond acceptors (Lipinski definition) is 4. The van der Waals surface area contributed by atoms with E-state index in [2.05, 4.69) is 15.4 Å². The minimum absolute atomic E-state index is 0.126. The Morgan fingerprint density at radius 1 is 1.17 bits per heavy atom. The van der Waals surface area contributed by atoms with Crippen LogP contribution in [0.2, 0.25) is 0 Å². The van der Waals surface area contributed by atoms with Gasteiger partial charge < -0.3 is 15.4 Å². The number of rotatable bonds is 8. The van der Waals surface area contributed by atoms with Gasteiger partial charge in [0.1, 0.15) is 6.04 Å². The average Bonchev–Trinajstić information content (AvgIpc) is 2.25. The van der Waals surface area contributed by atoms with Gasteiger partial charge in [0.15, 0.2) is 0 Å². The second-order valence-corrected chi connectivity index (χ2v) is 5.13.